The lowest BCUT2D eigenvalue weighted by atomic mass is 9.82. The first-order valence-corrected chi connectivity index (χ1v) is 17.3. The number of hydrogen-bond acceptors (Lipinski definition) is 3. The summed E-state index contributed by atoms with van der Waals surface area (Å²) < 4.78 is 9.00. The average molecular weight is 634 g/mol. The third-order valence-electron chi connectivity index (χ3n) is 10.3. The molecule has 0 radical (unpaired) electrons. The molecule has 1 aliphatic rings. The van der Waals surface area contributed by atoms with Crippen molar-refractivity contribution in [2.75, 3.05) is 4.90 Å². The van der Waals surface area contributed by atoms with Crippen LogP contribution in [0.4, 0.5) is 17.1 Å². The van der Waals surface area contributed by atoms with Crippen molar-refractivity contribution in [1.29, 1.82) is 0 Å². The Labute approximate surface area is 283 Å². The van der Waals surface area contributed by atoms with E-state index in [0.29, 0.717) is 0 Å². The lowest BCUT2D eigenvalue weighted by molar-refractivity contribution is 0.660. The average Bonchev–Trinajstić information content (AvgIpc) is 3.76. The first-order valence-electron chi connectivity index (χ1n) is 16.5. The minimum atomic E-state index is -0.115. The zero-order valence-corrected chi connectivity index (χ0v) is 27.5. The standard InChI is InChI=1S/C45H31NOS/c1-45(2)36-25-23-29(26-35(36)43-31(16-10-17-37(43)45)28-12-4-3-5-13-28)46(30-22-24-33-32-14-7-9-21-41(32)48-42(33)27-30)38-18-11-20-40-44(38)34-15-6-8-19-39(34)47-40/h3-27H,1-2H3. The maximum absolute atomic E-state index is 6.41. The maximum atomic E-state index is 6.41. The molecule has 2 heterocycles. The summed E-state index contributed by atoms with van der Waals surface area (Å²) in [7, 11) is 0. The number of thiophene rings is 1. The minimum Gasteiger partial charge on any atom is -0.456 e. The molecular weight excluding hydrogens is 603 g/mol. The highest BCUT2D eigenvalue weighted by molar-refractivity contribution is 7.25. The lowest BCUT2D eigenvalue weighted by Crippen LogP contribution is -2.15. The van der Waals surface area contributed by atoms with Crippen molar-refractivity contribution in [2.45, 2.75) is 19.3 Å². The molecule has 0 atom stereocenters. The topological polar surface area (TPSA) is 16.4 Å². The predicted octanol–water partition coefficient (Wildman–Crippen LogP) is 13.4. The fourth-order valence-electron chi connectivity index (χ4n) is 8.01. The molecular formula is C45H31NOS. The molecule has 9 aromatic rings. The van der Waals surface area contributed by atoms with Crippen LogP contribution in [0.3, 0.4) is 0 Å². The van der Waals surface area contributed by atoms with Crippen LogP contribution >= 0.6 is 11.3 Å². The van der Waals surface area contributed by atoms with Gasteiger partial charge in [-0.3, -0.25) is 0 Å². The molecule has 228 valence electrons. The number of hydrogen-bond donors (Lipinski definition) is 0. The van der Waals surface area contributed by atoms with E-state index in [9.17, 15) is 0 Å². The SMILES string of the molecule is CC1(C)c2ccc(N(c3ccc4c(c3)sc3ccccc34)c3cccc4oc5ccccc5c34)cc2-c2c(-c3ccccc3)cccc21. The van der Waals surface area contributed by atoms with Gasteiger partial charge in [0.1, 0.15) is 11.2 Å². The third kappa shape index (κ3) is 3.92. The molecule has 0 fully saturated rings. The summed E-state index contributed by atoms with van der Waals surface area (Å²) in [5.74, 6) is 0. The number of anilines is 3. The van der Waals surface area contributed by atoms with Gasteiger partial charge in [0, 0.05) is 42.3 Å². The number of rotatable bonds is 4. The summed E-state index contributed by atoms with van der Waals surface area (Å²) in [5.41, 5.74) is 12.9. The molecule has 0 unspecified atom stereocenters. The summed E-state index contributed by atoms with van der Waals surface area (Å²) in [6.07, 6.45) is 0. The van der Waals surface area contributed by atoms with E-state index in [0.717, 1.165) is 39.0 Å². The van der Waals surface area contributed by atoms with Gasteiger partial charge in [-0.15, -0.1) is 11.3 Å². The summed E-state index contributed by atoms with van der Waals surface area (Å²) >= 11 is 1.86. The van der Waals surface area contributed by atoms with Crippen molar-refractivity contribution in [3.63, 3.8) is 0 Å². The van der Waals surface area contributed by atoms with Gasteiger partial charge in [-0.05, 0) is 81.9 Å². The molecule has 2 aromatic heterocycles. The van der Waals surface area contributed by atoms with Crippen molar-refractivity contribution in [2.24, 2.45) is 0 Å². The van der Waals surface area contributed by atoms with Crippen LogP contribution in [0.5, 0.6) is 0 Å². The molecule has 1 aliphatic carbocycles. The van der Waals surface area contributed by atoms with Crippen molar-refractivity contribution >= 4 is 70.5 Å². The Kier molecular flexibility index (Phi) is 5.82. The smallest absolute Gasteiger partial charge is 0.137 e. The largest absolute Gasteiger partial charge is 0.456 e. The van der Waals surface area contributed by atoms with Gasteiger partial charge in [0.2, 0.25) is 0 Å². The van der Waals surface area contributed by atoms with Gasteiger partial charge in [-0.1, -0.05) is 117 Å². The summed E-state index contributed by atoms with van der Waals surface area (Å²) in [5, 5.41) is 4.84. The highest BCUT2D eigenvalue weighted by Gasteiger charge is 2.37. The van der Waals surface area contributed by atoms with E-state index in [4.69, 9.17) is 4.42 Å². The van der Waals surface area contributed by atoms with Gasteiger partial charge in [0.05, 0.1) is 11.1 Å². The molecule has 0 aliphatic heterocycles. The summed E-state index contributed by atoms with van der Waals surface area (Å²) in [6.45, 7) is 4.72. The molecule has 0 spiro atoms. The van der Waals surface area contributed by atoms with Gasteiger partial charge < -0.3 is 9.32 Å². The molecule has 10 rings (SSSR count). The zero-order valence-electron chi connectivity index (χ0n) is 26.7. The van der Waals surface area contributed by atoms with E-state index in [-0.39, 0.29) is 5.41 Å². The van der Waals surface area contributed by atoms with Crippen LogP contribution in [0.25, 0.3) is 64.4 Å². The molecule has 2 nitrogen and oxygen atoms in total. The number of fused-ring (bicyclic) bond motifs is 9. The lowest BCUT2D eigenvalue weighted by Gasteiger charge is -2.28. The van der Waals surface area contributed by atoms with Crippen LogP contribution in [0.15, 0.2) is 156 Å². The second kappa shape index (κ2) is 10.2. The molecule has 0 saturated heterocycles. The summed E-state index contributed by atoms with van der Waals surface area (Å²) in [4.78, 5) is 2.44. The van der Waals surface area contributed by atoms with Crippen LogP contribution < -0.4 is 4.90 Å². The van der Waals surface area contributed by atoms with Gasteiger partial charge in [0.15, 0.2) is 0 Å². The Hall–Kier alpha value is -5.64. The normalized spacial score (nSPS) is 13.4. The van der Waals surface area contributed by atoms with Crippen LogP contribution in [-0.2, 0) is 5.41 Å². The van der Waals surface area contributed by atoms with Crippen LogP contribution in [0, 0.1) is 0 Å². The second-order valence-electron chi connectivity index (χ2n) is 13.3. The number of nitrogens with zero attached hydrogens (tertiary/aromatic N) is 1. The molecule has 3 heteroatoms. The van der Waals surface area contributed by atoms with E-state index in [1.807, 2.05) is 17.4 Å². The van der Waals surface area contributed by atoms with E-state index >= 15 is 0 Å². The number of para-hydroxylation sites is 1. The first kappa shape index (κ1) is 27.5. The Morgan fingerprint density at radius 1 is 0.521 bits per heavy atom. The molecule has 7 aromatic carbocycles. The van der Waals surface area contributed by atoms with Gasteiger partial charge in [-0.25, -0.2) is 0 Å². The van der Waals surface area contributed by atoms with Crippen molar-refractivity contribution < 1.29 is 4.42 Å². The Balaban J connectivity index is 1.26. The number of benzene rings is 7. The van der Waals surface area contributed by atoms with Crippen LogP contribution in [0.2, 0.25) is 0 Å². The fourth-order valence-corrected chi connectivity index (χ4v) is 9.15. The van der Waals surface area contributed by atoms with E-state index in [1.54, 1.807) is 0 Å². The minimum absolute atomic E-state index is 0.115. The Morgan fingerprint density at radius 3 is 2.12 bits per heavy atom. The monoisotopic (exact) mass is 633 g/mol. The fraction of sp³-hybridized carbons (Fsp3) is 0.0667. The predicted molar refractivity (Wildman–Crippen MR) is 204 cm³/mol. The van der Waals surface area contributed by atoms with Crippen LogP contribution in [0.1, 0.15) is 25.0 Å². The van der Waals surface area contributed by atoms with Gasteiger partial charge in [0.25, 0.3) is 0 Å². The van der Waals surface area contributed by atoms with E-state index < -0.39 is 0 Å². The molecule has 48 heavy (non-hydrogen) atoms. The Morgan fingerprint density at radius 2 is 1.23 bits per heavy atom. The summed E-state index contributed by atoms with van der Waals surface area (Å²) in [6, 6.07) is 55.2. The third-order valence-corrected chi connectivity index (χ3v) is 11.4. The van der Waals surface area contributed by atoms with Crippen LogP contribution in [-0.4, -0.2) is 0 Å². The van der Waals surface area contributed by atoms with E-state index in [2.05, 4.69) is 164 Å². The maximum Gasteiger partial charge on any atom is 0.137 e. The van der Waals surface area contributed by atoms with E-state index in [1.165, 1.54) is 53.6 Å². The zero-order chi connectivity index (χ0) is 32.0. The quantitative estimate of drug-likeness (QED) is 0.192. The second-order valence-corrected chi connectivity index (χ2v) is 14.4. The molecule has 0 bridgehead atoms. The first-order chi connectivity index (χ1) is 23.6. The van der Waals surface area contributed by atoms with Gasteiger partial charge in [-0.2, -0.15) is 0 Å². The highest BCUT2D eigenvalue weighted by Crippen LogP contribution is 2.54. The van der Waals surface area contributed by atoms with Crippen molar-refractivity contribution in [1.82, 2.24) is 0 Å². The Bertz CT molecular complexity index is 2710. The van der Waals surface area contributed by atoms with Crippen molar-refractivity contribution in [3.05, 3.63) is 163 Å². The molecule has 0 saturated carbocycles. The van der Waals surface area contributed by atoms with Gasteiger partial charge >= 0.3 is 0 Å². The highest BCUT2D eigenvalue weighted by atomic mass is 32.1. The molecule has 0 N–H and O–H groups in total. The number of furan rings is 1. The molecule has 0 amide bonds. The van der Waals surface area contributed by atoms with Crippen molar-refractivity contribution in [3.8, 4) is 22.3 Å².